The molecule has 2 aliphatic heterocycles. The first-order valence-corrected chi connectivity index (χ1v) is 13.0. The van der Waals surface area contributed by atoms with Crippen LogP contribution in [0.4, 0.5) is 0 Å². The molecule has 0 aliphatic carbocycles. The molecule has 3 atom stereocenters. The average molecular weight is 488 g/mol. The second kappa shape index (κ2) is 9.62. The quantitative estimate of drug-likeness (QED) is 0.556. The minimum atomic E-state index is -3.66. The molecule has 8 heteroatoms. The van der Waals surface area contributed by atoms with Crippen LogP contribution in [0, 0.1) is 11.8 Å². The van der Waals surface area contributed by atoms with Gasteiger partial charge in [0.2, 0.25) is 15.9 Å². The lowest BCUT2D eigenvalue weighted by Gasteiger charge is -2.58. The third-order valence-corrected chi connectivity index (χ3v) is 8.38. The zero-order valence-corrected chi connectivity index (χ0v) is 19.8. The SMILES string of the molecule is O=C1CN(S(=O)(=O)Cc2ccccc2)C[C@@H]2[C@H](c3ccc(C#Cc4cccnc4)cc3)[C@H](CO)N12. The molecule has 2 aromatic carbocycles. The summed E-state index contributed by atoms with van der Waals surface area (Å²) in [6, 6.07) is 19.7. The second-order valence-corrected chi connectivity index (χ2v) is 10.8. The lowest BCUT2D eigenvalue weighted by molar-refractivity contribution is -0.158. The van der Waals surface area contributed by atoms with Crippen LogP contribution in [0.2, 0.25) is 0 Å². The van der Waals surface area contributed by atoms with Crippen molar-refractivity contribution in [1.29, 1.82) is 0 Å². The van der Waals surface area contributed by atoms with Gasteiger partial charge in [-0.1, -0.05) is 54.3 Å². The van der Waals surface area contributed by atoms with Crippen molar-refractivity contribution in [3.63, 3.8) is 0 Å². The molecule has 3 aromatic rings. The molecule has 35 heavy (non-hydrogen) atoms. The Hall–Kier alpha value is -3.51. The number of carbonyl (C=O) groups excluding carboxylic acids is 1. The van der Waals surface area contributed by atoms with Gasteiger partial charge in [-0.05, 0) is 35.4 Å². The lowest BCUT2D eigenvalue weighted by Crippen LogP contribution is -2.73. The maximum atomic E-state index is 13.1. The van der Waals surface area contributed by atoms with Gasteiger partial charge < -0.3 is 10.0 Å². The highest BCUT2D eigenvalue weighted by Crippen LogP contribution is 2.43. The Morgan fingerprint density at radius 1 is 0.971 bits per heavy atom. The first kappa shape index (κ1) is 23.2. The molecule has 1 amide bonds. The van der Waals surface area contributed by atoms with E-state index in [9.17, 15) is 18.3 Å². The second-order valence-electron chi connectivity index (χ2n) is 8.79. The normalized spacial score (nSPS) is 22.0. The minimum Gasteiger partial charge on any atom is -0.394 e. The molecule has 2 saturated heterocycles. The fourth-order valence-electron chi connectivity index (χ4n) is 4.93. The number of carbonyl (C=O) groups is 1. The van der Waals surface area contributed by atoms with Gasteiger partial charge in [0.1, 0.15) is 0 Å². The molecule has 2 aliphatic rings. The van der Waals surface area contributed by atoms with Gasteiger partial charge in [0.05, 0.1) is 31.0 Å². The maximum Gasteiger partial charge on any atom is 0.238 e. The Labute approximate surface area is 205 Å². The Morgan fingerprint density at radius 2 is 1.71 bits per heavy atom. The number of aromatic nitrogens is 1. The summed E-state index contributed by atoms with van der Waals surface area (Å²) in [6.45, 7) is -0.158. The largest absolute Gasteiger partial charge is 0.394 e. The molecule has 0 radical (unpaired) electrons. The van der Waals surface area contributed by atoms with E-state index in [2.05, 4.69) is 16.8 Å². The van der Waals surface area contributed by atoms with E-state index in [0.29, 0.717) is 5.56 Å². The highest BCUT2D eigenvalue weighted by atomic mass is 32.2. The monoisotopic (exact) mass is 487 g/mol. The molecule has 1 N–H and O–H groups in total. The van der Waals surface area contributed by atoms with Crippen molar-refractivity contribution in [3.05, 3.63) is 101 Å². The maximum absolute atomic E-state index is 13.1. The predicted molar refractivity (Wildman–Crippen MR) is 132 cm³/mol. The highest BCUT2D eigenvalue weighted by Gasteiger charge is 2.55. The van der Waals surface area contributed by atoms with Crippen molar-refractivity contribution in [2.45, 2.75) is 23.8 Å². The standard InChI is InChI=1S/C27H25N3O4S/c31-18-25-27(23-12-10-20(11-13-23)8-9-21-7-4-14-28-15-21)24-16-29(17-26(32)30(24)25)35(33,34)19-22-5-2-1-3-6-22/h1-7,10-15,24-25,27,31H,16-19H2/t24-,25+,27+/m1/s1. The van der Waals surface area contributed by atoms with Crippen LogP contribution in [-0.4, -0.2) is 65.4 Å². The summed E-state index contributed by atoms with van der Waals surface area (Å²) in [5.74, 6) is 5.61. The number of hydrogen-bond acceptors (Lipinski definition) is 5. The molecule has 5 rings (SSSR count). The van der Waals surface area contributed by atoms with Gasteiger partial charge in [-0.2, -0.15) is 4.31 Å². The predicted octanol–water partition coefficient (Wildman–Crippen LogP) is 1.98. The van der Waals surface area contributed by atoms with E-state index in [1.807, 2.05) is 42.5 Å². The number of nitrogens with zero attached hydrogens (tertiary/aromatic N) is 3. The van der Waals surface area contributed by atoms with Crippen LogP contribution in [0.15, 0.2) is 79.1 Å². The summed E-state index contributed by atoms with van der Waals surface area (Å²) in [7, 11) is -3.66. The van der Waals surface area contributed by atoms with Crippen molar-refractivity contribution in [1.82, 2.24) is 14.2 Å². The Bertz CT molecular complexity index is 1370. The summed E-state index contributed by atoms with van der Waals surface area (Å²) in [5.41, 5.74) is 3.29. The Balaban J connectivity index is 1.34. The van der Waals surface area contributed by atoms with E-state index in [1.54, 1.807) is 41.6 Å². The fourth-order valence-corrected chi connectivity index (χ4v) is 6.41. The molecule has 0 saturated carbocycles. The zero-order chi connectivity index (χ0) is 24.4. The summed E-state index contributed by atoms with van der Waals surface area (Å²) in [5, 5.41) is 10.0. The Morgan fingerprint density at radius 3 is 2.40 bits per heavy atom. The molecule has 178 valence electrons. The summed E-state index contributed by atoms with van der Waals surface area (Å²) >= 11 is 0. The first-order valence-electron chi connectivity index (χ1n) is 11.4. The average Bonchev–Trinajstić information content (AvgIpc) is 2.85. The molecule has 2 fully saturated rings. The third kappa shape index (κ3) is 4.71. The van der Waals surface area contributed by atoms with Crippen molar-refractivity contribution >= 4 is 15.9 Å². The van der Waals surface area contributed by atoms with Crippen molar-refractivity contribution in [2.24, 2.45) is 0 Å². The Kier molecular flexibility index (Phi) is 6.39. The van der Waals surface area contributed by atoms with E-state index in [-0.39, 0.29) is 49.4 Å². The minimum absolute atomic E-state index is 0.147. The van der Waals surface area contributed by atoms with E-state index >= 15 is 0 Å². The highest BCUT2D eigenvalue weighted by molar-refractivity contribution is 7.88. The molecule has 0 unspecified atom stereocenters. The van der Waals surface area contributed by atoms with Crippen LogP contribution in [0.3, 0.4) is 0 Å². The van der Waals surface area contributed by atoms with Gasteiger partial charge in [0.15, 0.2) is 0 Å². The van der Waals surface area contributed by atoms with Gasteiger partial charge in [0.25, 0.3) is 0 Å². The van der Waals surface area contributed by atoms with Crippen LogP contribution in [0.5, 0.6) is 0 Å². The molecule has 1 aromatic heterocycles. The van der Waals surface area contributed by atoms with Crippen molar-refractivity contribution in [2.75, 3.05) is 19.7 Å². The number of fused-ring (bicyclic) bond motifs is 1. The smallest absolute Gasteiger partial charge is 0.238 e. The summed E-state index contributed by atoms with van der Waals surface area (Å²) in [6.07, 6.45) is 3.40. The van der Waals surface area contributed by atoms with Gasteiger partial charge in [-0.15, -0.1) is 0 Å². The number of benzene rings is 2. The van der Waals surface area contributed by atoms with E-state index in [1.165, 1.54) is 4.31 Å². The van der Waals surface area contributed by atoms with Crippen LogP contribution in [-0.2, 0) is 20.6 Å². The molecular weight excluding hydrogens is 462 g/mol. The number of sulfonamides is 1. The number of pyridine rings is 1. The topological polar surface area (TPSA) is 90.8 Å². The van der Waals surface area contributed by atoms with Gasteiger partial charge >= 0.3 is 0 Å². The molecule has 0 bridgehead atoms. The summed E-state index contributed by atoms with van der Waals surface area (Å²) in [4.78, 5) is 18.6. The lowest BCUT2D eigenvalue weighted by atomic mass is 9.74. The number of piperazine rings is 1. The van der Waals surface area contributed by atoms with Crippen molar-refractivity contribution < 1.29 is 18.3 Å². The molecule has 7 nitrogen and oxygen atoms in total. The number of aliphatic hydroxyl groups is 1. The summed E-state index contributed by atoms with van der Waals surface area (Å²) < 4.78 is 27.5. The molecule has 0 spiro atoms. The van der Waals surface area contributed by atoms with E-state index in [0.717, 1.165) is 16.7 Å². The van der Waals surface area contributed by atoms with Gasteiger partial charge in [-0.25, -0.2) is 8.42 Å². The number of aliphatic hydroxyl groups excluding tert-OH is 1. The number of hydrogen-bond donors (Lipinski definition) is 1. The van der Waals surface area contributed by atoms with Gasteiger partial charge in [0, 0.05) is 36.0 Å². The van der Waals surface area contributed by atoms with E-state index < -0.39 is 10.0 Å². The first-order chi connectivity index (χ1) is 17.0. The molecular formula is C27H25N3O4S. The van der Waals surface area contributed by atoms with Gasteiger partial charge in [-0.3, -0.25) is 9.78 Å². The fraction of sp³-hybridized carbons (Fsp3) is 0.259. The van der Waals surface area contributed by atoms with Crippen LogP contribution in [0.1, 0.15) is 28.2 Å². The zero-order valence-electron chi connectivity index (χ0n) is 19.0. The number of rotatable bonds is 5. The van der Waals surface area contributed by atoms with Crippen molar-refractivity contribution in [3.8, 4) is 11.8 Å². The molecule has 3 heterocycles. The number of amides is 1. The van der Waals surface area contributed by atoms with Crippen LogP contribution < -0.4 is 0 Å². The van der Waals surface area contributed by atoms with E-state index in [4.69, 9.17) is 0 Å². The van der Waals surface area contributed by atoms with Crippen LogP contribution >= 0.6 is 0 Å². The van der Waals surface area contributed by atoms with Crippen LogP contribution in [0.25, 0.3) is 0 Å². The third-order valence-electron chi connectivity index (χ3n) is 6.61.